The highest BCUT2D eigenvalue weighted by atomic mass is 16.5. The molecule has 0 radical (unpaired) electrons. The zero-order valence-electron chi connectivity index (χ0n) is 16.3. The third-order valence-electron chi connectivity index (χ3n) is 4.96. The molecular weight excluding hydrogens is 362 g/mol. The molecule has 0 aliphatic heterocycles. The minimum Gasteiger partial charge on any atom is -0.497 e. The predicted molar refractivity (Wildman–Crippen MR) is 102 cm³/mol. The summed E-state index contributed by atoms with van der Waals surface area (Å²) in [7, 11) is 5.46. The summed E-state index contributed by atoms with van der Waals surface area (Å²) in [6.45, 7) is 1.10. The first kappa shape index (κ1) is 20.2. The van der Waals surface area contributed by atoms with Gasteiger partial charge in [-0.1, -0.05) is 5.21 Å². The lowest BCUT2D eigenvalue weighted by Gasteiger charge is -2.18. The van der Waals surface area contributed by atoms with Gasteiger partial charge in [-0.25, -0.2) is 0 Å². The van der Waals surface area contributed by atoms with Crippen molar-refractivity contribution in [3.8, 4) is 5.75 Å². The molecular formula is C19H27N5O4. The van der Waals surface area contributed by atoms with Crippen molar-refractivity contribution < 1.29 is 19.7 Å². The Morgan fingerprint density at radius 3 is 2.64 bits per heavy atom. The molecule has 1 aliphatic rings. The first-order valence-corrected chi connectivity index (χ1v) is 9.22. The maximum absolute atomic E-state index is 12.4. The van der Waals surface area contributed by atoms with E-state index in [1.165, 1.54) is 0 Å². The molecule has 1 amide bonds. The lowest BCUT2D eigenvalue weighted by Crippen LogP contribution is -2.43. The molecule has 0 bridgehead atoms. The molecule has 3 rings (SSSR count). The summed E-state index contributed by atoms with van der Waals surface area (Å²) in [5.74, 6) is 0.132. The first-order valence-electron chi connectivity index (χ1n) is 9.22. The van der Waals surface area contributed by atoms with Crippen LogP contribution in [0.1, 0.15) is 22.5 Å². The molecule has 1 saturated carbocycles. The van der Waals surface area contributed by atoms with E-state index in [9.17, 15) is 15.0 Å². The van der Waals surface area contributed by atoms with Crippen LogP contribution in [-0.2, 0) is 13.1 Å². The number of rotatable bonds is 7. The Bertz CT molecular complexity index is 792. The summed E-state index contributed by atoms with van der Waals surface area (Å²) in [5, 5.41) is 31.8. The van der Waals surface area contributed by atoms with Gasteiger partial charge >= 0.3 is 0 Å². The van der Waals surface area contributed by atoms with Crippen LogP contribution in [0.15, 0.2) is 30.5 Å². The Balaban J connectivity index is 1.60. The van der Waals surface area contributed by atoms with Crippen molar-refractivity contribution in [3.63, 3.8) is 0 Å². The van der Waals surface area contributed by atoms with E-state index in [0.29, 0.717) is 30.8 Å². The summed E-state index contributed by atoms with van der Waals surface area (Å²) in [5.41, 5.74) is 1.30. The van der Waals surface area contributed by atoms with E-state index in [1.807, 2.05) is 25.2 Å². The number of aromatic nitrogens is 3. The number of amides is 1. The largest absolute Gasteiger partial charge is 0.497 e. The fourth-order valence-electron chi connectivity index (χ4n) is 3.51. The molecule has 1 aromatic carbocycles. The van der Waals surface area contributed by atoms with Gasteiger partial charge < -0.3 is 25.2 Å². The van der Waals surface area contributed by atoms with Crippen LogP contribution in [0.5, 0.6) is 5.75 Å². The number of aliphatic hydroxyl groups excluding tert-OH is 2. The molecule has 28 heavy (non-hydrogen) atoms. The highest BCUT2D eigenvalue weighted by Crippen LogP contribution is 2.28. The van der Waals surface area contributed by atoms with Crippen LogP contribution in [0.25, 0.3) is 0 Å². The van der Waals surface area contributed by atoms with Gasteiger partial charge in [0.2, 0.25) is 0 Å². The average molecular weight is 389 g/mol. The molecule has 4 unspecified atom stereocenters. The number of nitrogens with zero attached hydrogens (tertiary/aromatic N) is 4. The molecule has 0 spiro atoms. The lowest BCUT2D eigenvalue weighted by atomic mass is 10.1. The zero-order chi connectivity index (χ0) is 20.3. The van der Waals surface area contributed by atoms with E-state index in [1.54, 1.807) is 36.1 Å². The smallest absolute Gasteiger partial charge is 0.251 e. The lowest BCUT2D eigenvalue weighted by molar-refractivity contribution is 0.00762. The molecule has 1 aliphatic carbocycles. The van der Waals surface area contributed by atoms with Gasteiger partial charge in [-0.2, -0.15) is 0 Å². The second-order valence-electron chi connectivity index (χ2n) is 7.46. The van der Waals surface area contributed by atoms with Crippen LogP contribution >= 0.6 is 0 Å². The van der Waals surface area contributed by atoms with E-state index in [0.717, 1.165) is 5.69 Å². The van der Waals surface area contributed by atoms with Crippen LogP contribution in [0.2, 0.25) is 0 Å². The van der Waals surface area contributed by atoms with Crippen molar-refractivity contribution in [2.75, 3.05) is 21.2 Å². The molecule has 2 aromatic rings. The van der Waals surface area contributed by atoms with Gasteiger partial charge in [0.05, 0.1) is 24.9 Å². The summed E-state index contributed by atoms with van der Waals surface area (Å²) in [4.78, 5) is 14.4. The normalized spacial score (nSPS) is 24.5. The Kier molecular flexibility index (Phi) is 6.28. The van der Waals surface area contributed by atoms with E-state index >= 15 is 0 Å². The van der Waals surface area contributed by atoms with Crippen LogP contribution in [0.4, 0.5) is 0 Å². The van der Waals surface area contributed by atoms with Gasteiger partial charge in [0, 0.05) is 30.8 Å². The van der Waals surface area contributed by atoms with Crippen molar-refractivity contribution in [1.29, 1.82) is 0 Å². The highest BCUT2D eigenvalue weighted by molar-refractivity contribution is 5.94. The number of hydrogen-bond acceptors (Lipinski definition) is 7. The number of methoxy groups -OCH3 is 1. The Morgan fingerprint density at radius 1 is 1.29 bits per heavy atom. The maximum Gasteiger partial charge on any atom is 0.251 e. The number of nitrogens with one attached hydrogen (secondary N) is 1. The van der Waals surface area contributed by atoms with Crippen LogP contribution in [0.3, 0.4) is 0 Å². The van der Waals surface area contributed by atoms with Gasteiger partial charge in [-0.3, -0.25) is 9.48 Å². The Morgan fingerprint density at radius 2 is 2.00 bits per heavy atom. The Labute approximate surface area is 163 Å². The molecule has 152 valence electrons. The number of benzene rings is 1. The van der Waals surface area contributed by atoms with Gasteiger partial charge in [-0.15, -0.1) is 5.10 Å². The van der Waals surface area contributed by atoms with Gasteiger partial charge in [0.1, 0.15) is 11.9 Å². The number of aliphatic hydroxyl groups is 2. The molecule has 4 atom stereocenters. The van der Waals surface area contributed by atoms with Gasteiger partial charge in [-0.05, 0) is 44.8 Å². The molecule has 1 fully saturated rings. The van der Waals surface area contributed by atoms with Crippen LogP contribution in [-0.4, -0.2) is 75.5 Å². The van der Waals surface area contributed by atoms with E-state index in [4.69, 9.17) is 4.74 Å². The summed E-state index contributed by atoms with van der Waals surface area (Å²) < 4.78 is 6.76. The topological polar surface area (TPSA) is 113 Å². The first-order chi connectivity index (χ1) is 13.4. The molecule has 9 nitrogen and oxygen atoms in total. The quantitative estimate of drug-likeness (QED) is 0.606. The minimum atomic E-state index is -1.03. The summed E-state index contributed by atoms with van der Waals surface area (Å²) in [6.07, 6.45) is 0.315. The third kappa shape index (κ3) is 4.67. The third-order valence-corrected chi connectivity index (χ3v) is 4.96. The fraction of sp³-hybridized carbons (Fsp3) is 0.526. The van der Waals surface area contributed by atoms with Gasteiger partial charge in [0.15, 0.2) is 0 Å². The number of ether oxygens (including phenoxy) is 1. The van der Waals surface area contributed by atoms with Crippen molar-refractivity contribution in [3.05, 3.63) is 41.7 Å². The minimum absolute atomic E-state index is 0.231. The van der Waals surface area contributed by atoms with Crippen LogP contribution < -0.4 is 10.1 Å². The molecule has 1 aromatic heterocycles. The summed E-state index contributed by atoms with van der Waals surface area (Å²) in [6, 6.07) is 6.19. The molecule has 9 heteroatoms. The second-order valence-corrected chi connectivity index (χ2v) is 7.46. The number of carbonyl (C=O) groups excluding carboxylic acids is 1. The van der Waals surface area contributed by atoms with E-state index < -0.39 is 18.2 Å². The Hall–Kier alpha value is -2.49. The van der Waals surface area contributed by atoms with Crippen molar-refractivity contribution in [2.24, 2.45) is 5.92 Å². The van der Waals surface area contributed by atoms with Crippen molar-refractivity contribution in [2.45, 2.75) is 37.8 Å². The van der Waals surface area contributed by atoms with Crippen LogP contribution in [0, 0.1) is 5.92 Å². The second kappa shape index (κ2) is 8.68. The molecule has 0 saturated heterocycles. The van der Waals surface area contributed by atoms with Gasteiger partial charge in [0.25, 0.3) is 5.91 Å². The predicted octanol–water partition coefficient (Wildman–Crippen LogP) is -0.111. The molecule has 3 N–H and O–H groups in total. The van der Waals surface area contributed by atoms with E-state index in [-0.39, 0.29) is 11.8 Å². The zero-order valence-corrected chi connectivity index (χ0v) is 16.3. The van der Waals surface area contributed by atoms with E-state index in [2.05, 4.69) is 15.6 Å². The fourth-order valence-corrected chi connectivity index (χ4v) is 3.51. The van der Waals surface area contributed by atoms with Crippen molar-refractivity contribution >= 4 is 5.91 Å². The SMILES string of the molecule is COc1ccc(C(=O)NC2CC(Cn3cc(CN(C)C)nn3)C(O)C2O)cc1. The average Bonchev–Trinajstić information content (AvgIpc) is 3.21. The highest BCUT2D eigenvalue weighted by Gasteiger charge is 2.42. The maximum atomic E-state index is 12.4. The monoisotopic (exact) mass is 389 g/mol. The number of carbonyl (C=O) groups is 1. The number of hydrogen-bond donors (Lipinski definition) is 3. The van der Waals surface area contributed by atoms with Crippen molar-refractivity contribution in [1.82, 2.24) is 25.2 Å². The summed E-state index contributed by atoms with van der Waals surface area (Å²) >= 11 is 0. The standard InChI is InChI=1S/C19H27N5O4/c1-23(2)10-14-11-24(22-21-14)9-13-8-16(18(26)17(13)25)20-19(27)12-4-6-15(28-3)7-5-12/h4-7,11,13,16-18,25-26H,8-10H2,1-3H3,(H,20,27). The molecule has 1 heterocycles.